The summed E-state index contributed by atoms with van der Waals surface area (Å²) in [7, 11) is 1.21. The molecule has 3 aromatic rings. The van der Waals surface area contributed by atoms with E-state index in [4.69, 9.17) is 4.74 Å². The number of anilines is 1. The van der Waals surface area contributed by atoms with Crippen molar-refractivity contribution in [1.82, 2.24) is 20.2 Å². The van der Waals surface area contributed by atoms with Crippen LogP contribution in [0.5, 0.6) is 0 Å². The van der Waals surface area contributed by atoms with Crippen molar-refractivity contribution in [2.75, 3.05) is 12.4 Å². The van der Waals surface area contributed by atoms with E-state index in [1.807, 2.05) is 0 Å². The van der Waals surface area contributed by atoms with Crippen LogP contribution in [0.3, 0.4) is 0 Å². The lowest BCUT2D eigenvalue weighted by atomic mass is 9.89. The van der Waals surface area contributed by atoms with Crippen LogP contribution in [0, 0.1) is 5.82 Å². The monoisotopic (exact) mass is 457 g/mol. The van der Waals surface area contributed by atoms with Crippen molar-refractivity contribution in [1.29, 1.82) is 0 Å². The van der Waals surface area contributed by atoms with Gasteiger partial charge in [0.1, 0.15) is 17.6 Å². The smallest absolute Gasteiger partial charge is 0.355 e. The maximum atomic E-state index is 13.4. The lowest BCUT2D eigenvalue weighted by Crippen LogP contribution is -2.32. The third-order valence-corrected chi connectivity index (χ3v) is 4.97. The summed E-state index contributed by atoms with van der Waals surface area (Å²) in [5, 5.41) is 14.3. The molecule has 0 spiro atoms. The molecule has 0 radical (unpaired) electrons. The van der Waals surface area contributed by atoms with Crippen molar-refractivity contribution in [2.45, 2.75) is 6.04 Å². The number of nitrogens with zero attached hydrogens (tertiary/aromatic N) is 4. The van der Waals surface area contributed by atoms with Gasteiger partial charge in [0.25, 0.3) is 0 Å². The highest BCUT2D eigenvalue weighted by Crippen LogP contribution is 2.36. The molecule has 0 bridgehead atoms. The third kappa shape index (κ3) is 3.42. The summed E-state index contributed by atoms with van der Waals surface area (Å²) in [5.74, 6) is -1.51. The number of hydrogen-bond acceptors (Lipinski definition) is 7. The number of benzene rings is 2. The molecule has 0 aliphatic carbocycles. The summed E-state index contributed by atoms with van der Waals surface area (Å²) in [5.41, 5.74) is 0.904. The van der Waals surface area contributed by atoms with Gasteiger partial charge in [-0.25, -0.2) is 9.18 Å². The minimum absolute atomic E-state index is 0.0722. The van der Waals surface area contributed by atoms with Gasteiger partial charge in [0.15, 0.2) is 5.78 Å². The molecule has 10 heteroatoms. The van der Waals surface area contributed by atoms with Crippen LogP contribution in [-0.2, 0) is 9.53 Å². The molecule has 1 aromatic heterocycles. The Morgan fingerprint density at radius 3 is 2.48 bits per heavy atom. The summed E-state index contributed by atoms with van der Waals surface area (Å²) in [6, 6.07) is 11.5. The Balaban J connectivity index is 1.94. The molecule has 0 saturated carbocycles. The molecule has 2 aromatic carbocycles. The zero-order chi connectivity index (χ0) is 20.5. The molecule has 8 nitrogen and oxygen atoms in total. The lowest BCUT2D eigenvalue weighted by Gasteiger charge is -2.28. The first kappa shape index (κ1) is 18.9. The van der Waals surface area contributed by atoms with Crippen molar-refractivity contribution < 1.29 is 18.7 Å². The van der Waals surface area contributed by atoms with Gasteiger partial charge in [-0.2, -0.15) is 4.68 Å². The van der Waals surface area contributed by atoms with E-state index in [1.54, 1.807) is 24.3 Å². The summed E-state index contributed by atoms with van der Waals surface area (Å²) < 4.78 is 20.5. The molecule has 1 atom stereocenters. The first-order valence-corrected chi connectivity index (χ1v) is 9.22. The Hall–Kier alpha value is -3.40. The molecule has 0 fully saturated rings. The van der Waals surface area contributed by atoms with Crippen LogP contribution >= 0.6 is 15.9 Å². The van der Waals surface area contributed by atoms with Gasteiger partial charge in [-0.15, -0.1) is 0 Å². The average molecular weight is 458 g/mol. The second-order valence-electron chi connectivity index (χ2n) is 6.14. The SMILES string of the molecule is COC(=O)C1=C(C(=O)c2ccc(F)cc2)[C@@H](c2ccc(Br)cc2)n2nnnc2N1. The topological polar surface area (TPSA) is 99.0 Å². The quantitative estimate of drug-likeness (QED) is 0.474. The van der Waals surface area contributed by atoms with E-state index in [2.05, 4.69) is 36.8 Å². The van der Waals surface area contributed by atoms with Crippen molar-refractivity contribution in [3.63, 3.8) is 0 Å². The molecule has 1 aliphatic rings. The van der Waals surface area contributed by atoms with E-state index in [9.17, 15) is 14.0 Å². The number of methoxy groups -OCH3 is 1. The van der Waals surface area contributed by atoms with Crippen LogP contribution in [0.1, 0.15) is 22.0 Å². The van der Waals surface area contributed by atoms with E-state index >= 15 is 0 Å². The number of ketones is 1. The predicted octanol–water partition coefficient (Wildman–Crippen LogP) is 2.90. The van der Waals surface area contributed by atoms with E-state index in [0.29, 0.717) is 5.56 Å². The number of hydrogen-bond donors (Lipinski definition) is 1. The van der Waals surface area contributed by atoms with E-state index in [1.165, 1.54) is 36.1 Å². The number of fused-ring (bicyclic) bond motifs is 1. The van der Waals surface area contributed by atoms with Crippen LogP contribution in [0.4, 0.5) is 10.3 Å². The Labute approximate surface area is 172 Å². The van der Waals surface area contributed by atoms with Crippen LogP contribution < -0.4 is 5.32 Å². The summed E-state index contributed by atoms with van der Waals surface area (Å²) in [6.45, 7) is 0. The number of carbonyl (C=O) groups is 2. The van der Waals surface area contributed by atoms with Gasteiger partial charge in [-0.05, 0) is 52.4 Å². The van der Waals surface area contributed by atoms with Crippen molar-refractivity contribution >= 4 is 33.6 Å². The molecule has 0 amide bonds. The second kappa shape index (κ2) is 7.55. The Kier molecular flexibility index (Phi) is 4.93. The molecule has 4 rings (SSSR count). The standard InChI is InChI=1S/C19H13BrFN5O3/c1-29-18(28)15-14(17(27)11-4-8-13(21)9-5-11)16(10-2-6-12(20)7-3-10)26-19(22-15)23-24-25-26/h2-9,16H,1H3,(H,22,23,25)/t16-/m1/s1. The minimum atomic E-state index is -0.791. The van der Waals surface area contributed by atoms with Crippen LogP contribution in [0.25, 0.3) is 0 Å². The van der Waals surface area contributed by atoms with E-state index in [0.717, 1.165) is 4.47 Å². The molecule has 1 N–H and O–H groups in total. The number of carbonyl (C=O) groups excluding carboxylic acids is 2. The second-order valence-corrected chi connectivity index (χ2v) is 7.06. The molecule has 146 valence electrons. The molecular weight excluding hydrogens is 445 g/mol. The predicted molar refractivity (Wildman–Crippen MR) is 103 cm³/mol. The van der Waals surface area contributed by atoms with Crippen molar-refractivity contribution in [3.8, 4) is 0 Å². The first-order chi connectivity index (χ1) is 14.0. The van der Waals surface area contributed by atoms with Gasteiger partial charge in [0, 0.05) is 10.0 Å². The molecule has 2 heterocycles. The lowest BCUT2D eigenvalue weighted by molar-refractivity contribution is -0.136. The highest BCUT2D eigenvalue weighted by atomic mass is 79.9. The minimum Gasteiger partial charge on any atom is -0.464 e. The maximum absolute atomic E-state index is 13.4. The summed E-state index contributed by atoms with van der Waals surface area (Å²) in [6.07, 6.45) is 0. The van der Waals surface area contributed by atoms with Gasteiger partial charge in [-0.1, -0.05) is 33.2 Å². The fourth-order valence-electron chi connectivity index (χ4n) is 3.10. The third-order valence-electron chi connectivity index (χ3n) is 4.44. The number of rotatable bonds is 4. The molecule has 0 unspecified atom stereocenters. The fourth-order valence-corrected chi connectivity index (χ4v) is 3.36. The van der Waals surface area contributed by atoms with Gasteiger partial charge in [-0.3, -0.25) is 4.79 Å². The number of aromatic nitrogens is 4. The zero-order valence-electron chi connectivity index (χ0n) is 15.0. The number of Topliss-reactive ketones (excluding diaryl/α,β-unsaturated/α-hetero) is 1. The molecule has 29 heavy (non-hydrogen) atoms. The Morgan fingerprint density at radius 1 is 1.14 bits per heavy atom. The largest absolute Gasteiger partial charge is 0.464 e. The first-order valence-electron chi connectivity index (χ1n) is 8.42. The van der Waals surface area contributed by atoms with Crippen molar-refractivity contribution in [2.24, 2.45) is 0 Å². The number of nitrogens with one attached hydrogen (secondary N) is 1. The Bertz CT molecular complexity index is 1130. The molecular formula is C19H13BrFN5O3. The molecule has 1 aliphatic heterocycles. The number of ether oxygens (including phenoxy) is 1. The highest BCUT2D eigenvalue weighted by Gasteiger charge is 2.38. The van der Waals surface area contributed by atoms with Crippen LogP contribution in [0.2, 0.25) is 0 Å². The number of tetrazole rings is 1. The average Bonchev–Trinajstić information content (AvgIpc) is 3.21. The number of esters is 1. The van der Waals surface area contributed by atoms with Crippen molar-refractivity contribution in [3.05, 3.63) is 81.2 Å². The van der Waals surface area contributed by atoms with Gasteiger partial charge in [0.05, 0.1) is 12.7 Å². The normalized spacial score (nSPS) is 15.5. The summed E-state index contributed by atoms with van der Waals surface area (Å²) >= 11 is 3.38. The van der Waals surface area contributed by atoms with Crippen LogP contribution in [-0.4, -0.2) is 39.1 Å². The fraction of sp³-hybridized carbons (Fsp3) is 0.105. The summed E-state index contributed by atoms with van der Waals surface area (Å²) in [4.78, 5) is 25.9. The Morgan fingerprint density at radius 2 is 1.83 bits per heavy atom. The maximum Gasteiger partial charge on any atom is 0.355 e. The van der Waals surface area contributed by atoms with Gasteiger partial charge in [0.2, 0.25) is 5.95 Å². The molecule has 0 saturated heterocycles. The van der Waals surface area contributed by atoms with Gasteiger partial charge >= 0.3 is 5.97 Å². The van der Waals surface area contributed by atoms with E-state index < -0.39 is 23.6 Å². The number of allylic oxidation sites excluding steroid dienone is 1. The highest BCUT2D eigenvalue weighted by molar-refractivity contribution is 9.10. The number of halogens is 2. The van der Waals surface area contributed by atoms with Crippen LogP contribution in [0.15, 0.2) is 64.3 Å². The van der Waals surface area contributed by atoms with Gasteiger partial charge < -0.3 is 10.1 Å². The zero-order valence-corrected chi connectivity index (χ0v) is 16.6. The van der Waals surface area contributed by atoms with E-state index in [-0.39, 0.29) is 22.8 Å².